The summed E-state index contributed by atoms with van der Waals surface area (Å²) in [5, 5.41) is 5.83. The molecule has 138 valence electrons. The summed E-state index contributed by atoms with van der Waals surface area (Å²) in [5.74, 6) is 0.726. The summed E-state index contributed by atoms with van der Waals surface area (Å²) in [6.45, 7) is 6.73. The highest BCUT2D eigenvalue weighted by Gasteiger charge is 2.33. The predicted molar refractivity (Wildman–Crippen MR) is 97.4 cm³/mol. The second-order valence-electron chi connectivity index (χ2n) is 6.84. The molecule has 0 aliphatic heterocycles. The minimum Gasteiger partial charge on any atom is -0.494 e. The molecule has 0 radical (unpaired) electrons. The van der Waals surface area contributed by atoms with Crippen molar-refractivity contribution in [2.75, 3.05) is 13.2 Å². The third-order valence-electron chi connectivity index (χ3n) is 4.44. The zero-order valence-corrected chi connectivity index (χ0v) is 15.2. The average molecular weight is 347 g/mol. The Kier molecular flexibility index (Phi) is 6.82. The number of nitrogens with one attached hydrogen (secondary N) is 2. The third kappa shape index (κ3) is 5.46. The van der Waals surface area contributed by atoms with Gasteiger partial charge in [0.2, 0.25) is 5.91 Å². The summed E-state index contributed by atoms with van der Waals surface area (Å²) in [6.07, 6.45) is 2.21. The first kappa shape index (κ1) is 19.2. The minimum absolute atomic E-state index is 0.00359. The van der Waals surface area contributed by atoms with Crippen molar-refractivity contribution in [2.24, 2.45) is 17.6 Å². The van der Waals surface area contributed by atoms with Crippen molar-refractivity contribution >= 4 is 11.8 Å². The van der Waals surface area contributed by atoms with Gasteiger partial charge >= 0.3 is 0 Å². The quantitative estimate of drug-likeness (QED) is 0.634. The van der Waals surface area contributed by atoms with Crippen LogP contribution in [0, 0.1) is 11.8 Å². The number of benzene rings is 1. The van der Waals surface area contributed by atoms with Crippen molar-refractivity contribution < 1.29 is 14.3 Å². The van der Waals surface area contributed by atoms with E-state index < -0.39 is 6.04 Å². The van der Waals surface area contributed by atoms with Crippen molar-refractivity contribution in [3.63, 3.8) is 0 Å². The summed E-state index contributed by atoms with van der Waals surface area (Å²) in [6, 6.07) is 6.30. The molecule has 0 heterocycles. The number of ether oxygens (including phenoxy) is 1. The molecular weight excluding hydrogens is 318 g/mol. The molecule has 0 spiro atoms. The predicted octanol–water partition coefficient (Wildman–Crippen LogP) is 1.69. The molecule has 25 heavy (non-hydrogen) atoms. The van der Waals surface area contributed by atoms with E-state index in [0.29, 0.717) is 30.4 Å². The Bertz CT molecular complexity index is 582. The van der Waals surface area contributed by atoms with Crippen LogP contribution < -0.4 is 21.1 Å². The molecule has 1 aliphatic carbocycles. The van der Waals surface area contributed by atoms with Gasteiger partial charge < -0.3 is 21.1 Å². The maximum absolute atomic E-state index is 12.6. The van der Waals surface area contributed by atoms with E-state index in [9.17, 15) is 9.59 Å². The molecule has 1 saturated carbocycles. The normalized spacial score (nSPS) is 16.2. The number of hydrogen-bond donors (Lipinski definition) is 3. The first-order chi connectivity index (χ1) is 12.0. The second-order valence-corrected chi connectivity index (χ2v) is 6.84. The Morgan fingerprint density at radius 2 is 1.84 bits per heavy atom. The molecule has 6 nitrogen and oxygen atoms in total. The minimum atomic E-state index is -0.591. The van der Waals surface area contributed by atoms with E-state index in [1.165, 1.54) is 0 Å². The fourth-order valence-corrected chi connectivity index (χ4v) is 2.77. The molecule has 1 fully saturated rings. The number of hydrogen-bond acceptors (Lipinski definition) is 4. The highest BCUT2D eigenvalue weighted by molar-refractivity contribution is 5.97. The highest BCUT2D eigenvalue weighted by atomic mass is 16.5. The fourth-order valence-electron chi connectivity index (χ4n) is 2.77. The van der Waals surface area contributed by atoms with Gasteiger partial charge in [0.1, 0.15) is 11.8 Å². The first-order valence-corrected chi connectivity index (χ1v) is 9.00. The fraction of sp³-hybridized carbons (Fsp3) is 0.579. The van der Waals surface area contributed by atoms with Gasteiger partial charge in [0.25, 0.3) is 5.91 Å². The smallest absolute Gasteiger partial charge is 0.251 e. The van der Waals surface area contributed by atoms with E-state index in [4.69, 9.17) is 10.5 Å². The Morgan fingerprint density at radius 3 is 2.32 bits per heavy atom. The van der Waals surface area contributed by atoms with Crippen molar-refractivity contribution in [3.05, 3.63) is 29.8 Å². The van der Waals surface area contributed by atoms with E-state index in [1.54, 1.807) is 24.3 Å². The second kappa shape index (κ2) is 8.85. The number of carbonyl (C=O) groups excluding carboxylic acids is 2. The van der Waals surface area contributed by atoms with Crippen LogP contribution in [0.25, 0.3) is 0 Å². The molecule has 1 aliphatic rings. The van der Waals surface area contributed by atoms with Crippen LogP contribution in [0.3, 0.4) is 0 Å². The lowest BCUT2D eigenvalue weighted by Crippen LogP contribution is -2.54. The van der Waals surface area contributed by atoms with Crippen molar-refractivity contribution in [2.45, 2.75) is 45.7 Å². The van der Waals surface area contributed by atoms with Crippen LogP contribution in [-0.2, 0) is 4.79 Å². The highest BCUT2D eigenvalue weighted by Crippen LogP contribution is 2.32. The molecule has 6 heteroatoms. The van der Waals surface area contributed by atoms with E-state index in [-0.39, 0.29) is 23.8 Å². The molecule has 2 unspecified atom stereocenters. The molecule has 0 aromatic heterocycles. The van der Waals surface area contributed by atoms with E-state index in [2.05, 4.69) is 10.6 Å². The number of rotatable bonds is 9. The molecule has 0 bridgehead atoms. The average Bonchev–Trinajstić information content (AvgIpc) is 3.42. The monoisotopic (exact) mass is 347 g/mol. The van der Waals surface area contributed by atoms with E-state index >= 15 is 0 Å². The Labute approximate surface area is 149 Å². The zero-order valence-electron chi connectivity index (χ0n) is 15.2. The zero-order chi connectivity index (χ0) is 18.4. The SMILES string of the molecule is CCOc1ccc(C(=O)NC(C(=O)NC(CN)C2CC2)C(C)C)cc1. The third-order valence-corrected chi connectivity index (χ3v) is 4.44. The van der Waals surface area contributed by atoms with Gasteiger partial charge in [-0.2, -0.15) is 0 Å². The Morgan fingerprint density at radius 1 is 1.20 bits per heavy atom. The molecule has 4 N–H and O–H groups in total. The summed E-state index contributed by atoms with van der Waals surface area (Å²) in [7, 11) is 0. The molecule has 0 saturated heterocycles. The summed E-state index contributed by atoms with van der Waals surface area (Å²) < 4.78 is 5.37. The summed E-state index contributed by atoms with van der Waals surface area (Å²) in [4.78, 5) is 25.1. The Hall–Kier alpha value is -2.08. The van der Waals surface area contributed by atoms with Crippen molar-refractivity contribution in [1.29, 1.82) is 0 Å². The largest absolute Gasteiger partial charge is 0.494 e. The molecule has 1 aromatic rings. The lowest BCUT2D eigenvalue weighted by atomic mass is 10.0. The summed E-state index contributed by atoms with van der Waals surface area (Å²) >= 11 is 0. The number of amides is 2. The van der Waals surface area contributed by atoms with Gasteiger partial charge in [-0.1, -0.05) is 13.8 Å². The van der Waals surface area contributed by atoms with Gasteiger partial charge in [-0.05, 0) is 55.9 Å². The van der Waals surface area contributed by atoms with Crippen LogP contribution >= 0.6 is 0 Å². The van der Waals surface area contributed by atoms with Gasteiger partial charge in [-0.3, -0.25) is 9.59 Å². The molecule has 2 amide bonds. The van der Waals surface area contributed by atoms with Crippen LogP contribution in [-0.4, -0.2) is 37.0 Å². The first-order valence-electron chi connectivity index (χ1n) is 9.00. The maximum atomic E-state index is 12.6. The molecule has 1 aromatic carbocycles. The molecule has 2 rings (SSSR count). The van der Waals surface area contributed by atoms with Crippen LogP contribution in [0.2, 0.25) is 0 Å². The lowest BCUT2D eigenvalue weighted by molar-refractivity contribution is -0.124. The number of nitrogens with two attached hydrogens (primary N) is 1. The van der Waals surface area contributed by atoms with E-state index in [0.717, 1.165) is 12.8 Å². The van der Waals surface area contributed by atoms with Crippen LogP contribution in [0.15, 0.2) is 24.3 Å². The van der Waals surface area contributed by atoms with Gasteiger partial charge in [0, 0.05) is 18.2 Å². The standard InChI is InChI=1S/C19H29N3O3/c1-4-25-15-9-7-14(8-10-15)18(23)22-17(12(2)3)19(24)21-16(11-20)13-5-6-13/h7-10,12-13,16-17H,4-6,11,20H2,1-3H3,(H,21,24)(H,22,23). The van der Waals surface area contributed by atoms with Gasteiger partial charge in [0.15, 0.2) is 0 Å². The van der Waals surface area contributed by atoms with Gasteiger partial charge in [0.05, 0.1) is 6.61 Å². The summed E-state index contributed by atoms with van der Waals surface area (Å²) in [5.41, 5.74) is 6.25. The number of carbonyl (C=O) groups is 2. The lowest BCUT2D eigenvalue weighted by Gasteiger charge is -2.25. The van der Waals surface area contributed by atoms with Crippen molar-refractivity contribution in [3.8, 4) is 5.75 Å². The van der Waals surface area contributed by atoms with Gasteiger partial charge in [-0.15, -0.1) is 0 Å². The topological polar surface area (TPSA) is 93.4 Å². The maximum Gasteiger partial charge on any atom is 0.251 e. The van der Waals surface area contributed by atoms with Crippen LogP contribution in [0.1, 0.15) is 44.0 Å². The molecule has 2 atom stereocenters. The molecular formula is C19H29N3O3. The van der Waals surface area contributed by atoms with E-state index in [1.807, 2.05) is 20.8 Å². The van der Waals surface area contributed by atoms with Crippen LogP contribution in [0.5, 0.6) is 5.75 Å². The van der Waals surface area contributed by atoms with Crippen molar-refractivity contribution in [1.82, 2.24) is 10.6 Å². The Balaban J connectivity index is 1.99. The van der Waals surface area contributed by atoms with Gasteiger partial charge in [-0.25, -0.2) is 0 Å². The van der Waals surface area contributed by atoms with Crippen LogP contribution in [0.4, 0.5) is 0 Å².